The maximum Gasteiger partial charge on any atom is 0.254 e. The van der Waals surface area contributed by atoms with Gasteiger partial charge in [-0.25, -0.2) is 4.98 Å². The third kappa shape index (κ3) is 6.44. The second-order valence-electron chi connectivity index (χ2n) is 8.58. The quantitative estimate of drug-likeness (QED) is 0.719. The Labute approximate surface area is 172 Å². The highest BCUT2D eigenvalue weighted by atomic mass is 32.1. The summed E-state index contributed by atoms with van der Waals surface area (Å²) in [5.41, 5.74) is 2.68. The van der Waals surface area contributed by atoms with E-state index in [2.05, 4.69) is 44.9 Å². The van der Waals surface area contributed by atoms with Gasteiger partial charge in [0.25, 0.3) is 5.91 Å². The van der Waals surface area contributed by atoms with E-state index in [4.69, 9.17) is 0 Å². The van der Waals surface area contributed by atoms with E-state index in [-0.39, 0.29) is 23.8 Å². The van der Waals surface area contributed by atoms with Crippen LogP contribution in [0.15, 0.2) is 29.6 Å². The Kier molecular flexibility index (Phi) is 7.35. The van der Waals surface area contributed by atoms with Crippen molar-refractivity contribution >= 4 is 28.3 Å². The van der Waals surface area contributed by atoms with E-state index in [0.717, 1.165) is 12.1 Å². The van der Waals surface area contributed by atoms with Crippen molar-refractivity contribution in [2.75, 3.05) is 18.4 Å². The van der Waals surface area contributed by atoms with Gasteiger partial charge >= 0.3 is 0 Å². The number of carbonyl (C=O) groups is 2. The number of nitrogens with one attached hydrogen (secondary N) is 1. The Morgan fingerprint density at radius 3 is 2.32 bits per heavy atom. The van der Waals surface area contributed by atoms with Crippen LogP contribution in [-0.4, -0.2) is 34.8 Å². The van der Waals surface area contributed by atoms with Gasteiger partial charge in [0, 0.05) is 17.5 Å². The van der Waals surface area contributed by atoms with Gasteiger partial charge in [0.2, 0.25) is 5.91 Å². The number of rotatable bonds is 7. The summed E-state index contributed by atoms with van der Waals surface area (Å²) in [6.07, 6.45) is 0.843. The molecule has 1 aromatic carbocycles. The molecule has 1 N–H and O–H groups in total. The topological polar surface area (TPSA) is 62.3 Å². The third-order valence-electron chi connectivity index (χ3n) is 4.46. The number of aromatic nitrogens is 1. The molecule has 2 aromatic rings. The molecule has 0 radical (unpaired) electrons. The van der Waals surface area contributed by atoms with Crippen molar-refractivity contribution in [3.8, 4) is 0 Å². The first-order valence-corrected chi connectivity index (χ1v) is 10.6. The maximum atomic E-state index is 13.0. The number of aryl methyl sites for hydroxylation is 1. The average molecular weight is 402 g/mol. The molecule has 0 spiro atoms. The first kappa shape index (κ1) is 22.1. The Bertz CT molecular complexity index is 804. The summed E-state index contributed by atoms with van der Waals surface area (Å²) >= 11 is 1.39. The fourth-order valence-corrected chi connectivity index (χ4v) is 3.41. The molecule has 0 atom stereocenters. The lowest BCUT2D eigenvalue weighted by atomic mass is 9.86. The average Bonchev–Trinajstić information content (AvgIpc) is 3.01. The molecular weight excluding hydrogens is 370 g/mol. The number of benzene rings is 1. The van der Waals surface area contributed by atoms with Crippen molar-refractivity contribution in [1.29, 1.82) is 0 Å². The molecule has 0 saturated carbocycles. The van der Waals surface area contributed by atoms with Crippen LogP contribution in [0.4, 0.5) is 5.13 Å². The van der Waals surface area contributed by atoms with Crippen molar-refractivity contribution in [1.82, 2.24) is 9.88 Å². The second kappa shape index (κ2) is 9.32. The summed E-state index contributed by atoms with van der Waals surface area (Å²) in [4.78, 5) is 31.4. The molecule has 0 aliphatic heterocycles. The predicted molar refractivity (Wildman–Crippen MR) is 116 cm³/mol. The van der Waals surface area contributed by atoms with E-state index in [0.29, 0.717) is 23.2 Å². The van der Waals surface area contributed by atoms with Crippen molar-refractivity contribution in [2.45, 2.75) is 53.4 Å². The fraction of sp³-hybridized carbons (Fsp3) is 0.500. The lowest BCUT2D eigenvalue weighted by molar-refractivity contribution is -0.116. The van der Waals surface area contributed by atoms with Crippen molar-refractivity contribution in [2.24, 2.45) is 5.92 Å². The van der Waals surface area contributed by atoms with Gasteiger partial charge in [0.15, 0.2) is 5.13 Å². The molecule has 28 heavy (non-hydrogen) atoms. The van der Waals surface area contributed by atoms with E-state index in [1.54, 1.807) is 4.90 Å². The number of hydrogen-bond donors (Lipinski definition) is 1. The number of thiazole rings is 1. The molecule has 2 rings (SSSR count). The molecule has 6 heteroatoms. The minimum absolute atomic E-state index is 0.0191. The Morgan fingerprint density at radius 2 is 1.82 bits per heavy atom. The van der Waals surface area contributed by atoms with E-state index in [1.807, 2.05) is 36.6 Å². The van der Waals surface area contributed by atoms with Crippen LogP contribution in [0.5, 0.6) is 0 Å². The van der Waals surface area contributed by atoms with Gasteiger partial charge in [-0.15, -0.1) is 11.3 Å². The fourth-order valence-electron chi connectivity index (χ4n) is 2.71. The van der Waals surface area contributed by atoms with Crippen LogP contribution >= 0.6 is 11.3 Å². The van der Waals surface area contributed by atoms with Gasteiger partial charge < -0.3 is 10.2 Å². The van der Waals surface area contributed by atoms with Gasteiger partial charge in [0.1, 0.15) is 6.54 Å². The summed E-state index contributed by atoms with van der Waals surface area (Å²) in [7, 11) is 0. The van der Waals surface area contributed by atoms with Gasteiger partial charge in [-0.05, 0) is 42.4 Å². The predicted octanol–water partition coefficient (Wildman–Crippen LogP) is 4.88. The van der Waals surface area contributed by atoms with Crippen molar-refractivity contribution in [3.63, 3.8) is 0 Å². The molecule has 0 aliphatic rings. The number of anilines is 1. The number of hydrogen-bond acceptors (Lipinski definition) is 4. The molecule has 152 valence electrons. The van der Waals surface area contributed by atoms with E-state index >= 15 is 0 Å². The van der Waals surface area contributed by atoms with E-state index in [1.165, 1.54) is 16.9 Å². The first-order chi connectivity index (χ1) is 13.1. The van der Waals surface area contributed by atoms with Gasteiger partial charge in [0.05, 0.1) is 5.69 Å². The summed E-state index contributed by atoms with van der Waals surface area (Å²) in [6, 6.07) is 7.69. The minimum atomic E-state index is -0.224. The standard InChI is InChI=1S/C22H31N3O2S/c1-15(2)11-12-25(13-19(26)24-21-23-16(3)14-28-21)20(27)17-7-9-18(10-8-17)22(4,5)6/h7-10,14-15H,11-13H2,1-6H3,(H,23,24,26). The lowest BCUT2D eigenvalue weighted by Gasteiger charge is -2.24. The SMILES string of the molecule is Cc1csc(NC(=O)CN(CCC(C)C)C(=O)c2ccc(C(C)(C)C)cc2)n1. The van der Waals surface area contributed by atoms with Crippen LogP contribution in [0.3, 0.4) is 0 Å². The molecule has 0 aliphatic carbocycles. The largest absolute Gasteiger partial charge is 0.329 e. The number of nitrogens with zero attached hydrogens (tertiary/aromatic N) is 2. The van der Waals surface area contributed by atoms with Gasteiger partial charge in [-0.3, -0.25) is 9.59 Å². The number of carbonyl (C=O) groups excluding carboxylic acids is 2. The third-order valence-corrected chi connectivity index (χ3v) is 5.34. The Balaban J connectivity index is 2.12. The summed E-state index contributed by atoms with van der Waals surface area (Å²) in [5, 5.41) is 5.24. The number of amides is 2. The van der Waals surface area contributed by atoms with E-state index < -0.39 is 0 Å². The molecule has 1 heterocycles. The van der Waals surface area contributed by atoms with Crippen LogP contribution in [0, 0.1) is 12.8 Å². The molecule has 5 nitrogen and oxygen atoms in total. The Morgan fingerprint density at radius 1 is 1.18 bits per heavy atom. The summed E-state index contributed by atoms with van der Waals surface area (Å²) in [5.74, 6) is 0.104. The summed E-state index contributed by atoms with van der Waals surface area (Å²) < 4.78 is 0. The van der Waals surface area contributed by atoms with Crippen LogP contribution in [0.25, 0.3) is 0 Å². The lowest BCUT2D eigenvalue weighted by Crippen LogP contribution is -2.39. The van der Waals surface area contributed by atoms with Crippen LogP contribution < -0.4 is 5.32 Å². The molecule has 0 bridgehead atoms. The normalized spacial score (nSPS) is 11.5. The zero-order valence-electron chi connectivity index (χ0n) is 17.7. The first-order valence-electron chi connectivity index (χ1n) is 9.68. The molecule has 2 amide bonds. The minimum Gasteiger partial charge on any atom is -0.329 e. The van der Waals surface area contributed by atoms with Gasteiger partial charge in [-0.1, -0.05) is 46.8 Å². The highest BCUT2D eigenvalue weighted by Gasteiger charge is 2.21. The smallest absolute Gasteiger partial charge is 0.254 e. The maximum absolute atomic E-state index is 13.0. The van der Waals surface area contributed by atoms with Crippen LogP contribution in [0.2, 0.25) is 0 Å². The second-order valence-corrected chi connectivity index (χ2v) is 9.44. The zero-order valence-corrected chi connectivity index (χ0v) is 18.5. The van der Waals surface area contributed by atoms with Gasteiger partial charge in [-0.2, -0.15) is 0 Å². The van der Waals surface area contributed by atoms with Crippen molar-refractivity contribution < 1.29 is 9.59 Å². The van der Waals surface area contributed by atoms with Crippen LogP contribution in [-0.2, 0) is 10.2 Å². The monoisotopic (exact) mass is 401 g/mol. The molecular formula is C22H31N3O2S. The molecule has 1 aromatic heterocycles. The van der Waals surface area contributed by atoms with E-state index in [9.17, 15) is 9.59 Å². The molecule has 0 unspecified atom stereocenters. The molecule has 0 fully saturated rings. The highest BCUT2D eigenvalue weighted by molar-refractivity contribution is 7.13. The Hall–Kier alpha value is -2.21. The van der Waals surface area contributed by atoms with Crippen LogP contribution in [0.1, 0.15) is 62.7 Å². The molecule has 0 saturated heterocycles. The van der Waals surface area contributed by atoms with Crippen molar-refractivity contribution in [3.05, 3.63) is 46.5 Å². The zero-order chi connectivity index (χ0) is 20.9. The summed E-state index contributed by atoms with van der Waals surface area (Å²) in [6.45, 7) is 13.1. The highest BCUT2D eigenvalue weighted by Crippen LogP contribution is 2.22.